The molecule has 3 aromatic carbocycles. The lowest BCUT2D eigenvalue weighted by molar-refractivity contribution is -0.120. The van der Waals surface area contributed by atoms with Gasteiger partial charge in [0.1, 0.15) is 28.0 Å². The number of rotatable bonds is 7. The van der Waals surface area contributed by atoms with Crippen LogP contribution in [0.25, 0.3) is 0 Å². The zero-order chi connectivity index (χ0) is 24.2. The van der Waals surface area contributed by atoms with Gasteiger partial charge in [-0.1, -0.05) is 17.7 Å². The number of nitrogens with zero attached hydrogens (tertiary/aromatic N) is 1. The molecule has 0 atom stereocenters. The first-order chi connectivity index (χ1) is 16.4. The van der Waals surface area contributed by atoms with Gasteiger partial charge in [0.25, 0.3) is 11.8 Å². The van der Waals surface area contributed by atoms with Gasteiger partial charge in [-0.15, -0.1) is 0 Å². The van der Waals surface area contributed by atoms with Gasteiger partial charge in [-0.25, -0.2) is 9.69 Å². The van der Waals surface area contributed by atoms with Crippen molar-refractivity contribution in [1.82, 2.24) is 0 Å². The maximum Gasteiger partial charge on any atom is 0.343 e. The van der Waals surface area contributed by atoms with Crippen molar-refractivity contribution in [3.8, 4) is 17.2 Å². The number of hydrogen-bond donors (Lipinski definition) is 1. The monoisotopic (exact) mass is 478 g/mol. The summed E-state index contributed by atoms with van der Waals surface area (Å²) in [4.78, 5) is 38.9. The molecule has 0 aliphatic carbocycles. The molecule has 0 unspecified atom stereocenters. The summed E-state index contributed by atoms with van der Waals surface area (Å²) in [5, 5.41) is 2.63. The van der Waals surface area contributed by atoms with Crippen LogP contribution in [0.4, 0.5) is 11.4 Å². The van der Waals surface area contributed by atoms with Gasteiger partial charge in [-0.05, 0) is 60.7 Å². The minimum atomic E-state index is -0.641. The van der Waals surface area contributed by atoms with Gasteiger partial charge < -0.3 is 19.5 Å². The van der Waals surface area contributed by atoms with E-state index < -0.39 is 17.8 Å². The molecule has 1 heterocycles. The Morgan fingerprint density at radius 3 is 2.12 bits per heavy atom. The number of imide groups is 1. The Morgan fingerprint density at radius 1 is 0.824 bits per heavy atom. The molecule has 0 saturated carbocycles. The number of methoxy groups -OCH3 is 2. The molecule has 1 aliphatic rings. The number of esters is 1. The second kappa shape index (κ2) is 9.68. The fourth-order valence-electron chi connectivity index (χ4n) is 3.24. The third kappa shape index (κ3) is 4.57. The molecule has 1 aliphatic heterocycles. The Morgan fingerprint density at radius 2 is 1.47 bits per heavy atom. The fraction of sp³-hybridized carbons (Fsp3) is 0.0800. The number of carbonyl (C=O) groups is 3. The third-order valence-electron chi connectivity index (χ3n) is 5.00. The summed E-state index contributed by atoms with van der Waals surface area (Å²) in [6.07, 6.45) is 0. The number of benzene rings is 3. The molecule has 1 N–H and O–H groups in total. The summed E-state index contributed by atoms with van der Waals surface area (Å²) in [6, 6.07) is 19.3. The lowest BCUT2D eigenvalue weighted by Gasteiger charge is -2.15. The molecule has 2 amide bonds. The normalized spacial score (nSPS) is 13.2. The van der Waals surface area contributed by atoms with Crippen molar-refractivity contribution < 1.29 is 28.6 Å². The van der Waals surface area contributed by atoms with E-state index in [4.69, 9.17) is 25.8 Å². The smallest absolute Gasteiger partial charge is 0.343 e. The van der Waals surface area contributed by atoms with Crippen molar-refractivity contribution in [2.75, 3.05) is 24.4 Å². The van der Waals surface area contributed by atoms with Crippen LogP contribution in [0.1, 0.15) is 10.4 Å². The quantitative estimate of drug-likeness (QED) is 0.306. The van der Waals surface area contributed by atoms with Gasteiger partial charge in [0.15, 0.2) is 0 Å². The summed E-state index contributed by atoms with van der Waals surface area (Å²) in [5.41, 5.74) is 1.06. The minimum Gasteiger partial charge on any atom is -0.497 e. The van der Waals surface area contributed by atoms with E-state index in [-0.39, 0.29) is 10.7 Å². The highest BCUT2D eigenvalue weighted by atomic mass is 35.5. The van der Waals surface area contributed by atoms with Gasteiger partial charge in [-0.3, -0.25) is 9.59 Å². The summed E-state index contributed by atoms with van der Waals surface area (Å²) in [7, 11) is 3.04. The molecule has 0 fully saturated rings. The zero-order valence-corrected chi connectivity index (χ0v) is 19.0. The summed E-state index contributed by atoms with van der Waals surface area (Å²) < 4.78 is 15.6. The van der Waals surface area contributed by atoms with E-state index in [9.17, 15) is 14.4 Å². The SMILES string of the molecule is COc1ccc(N2C(=O)C(Cl)=C(Nc3ccc(C(=O)Oc4cccc(OC)c4)cc3)C2=O)cc1. The molecular formula is C25H19ClN2O6. The van der Waals surface area contributed by atoms with Crippen molar-refractivity contribution >= 4 is 40.8 Å². The summed E-state index contributed by atoms with van der Waals surface area (Å²) in [6.45, 7) is 0. The van der Waals surface area contributed by atoms with Crippen LogP contribution >= 0.6 is 11.6 Å². The van der Waals surface area contributed by atoms with Gasteiger partial charge in [0.05, 0.1) is 25.5 Å². The summed E-state index contributed by atoms with van der Waals surface area (Å²) >= 11 is 6.17. The number of carbonyl (C=O) groups excluding carboxylic acids is 3. The number of amides is 2. The molecule has 0 saturated heterocycles. The molecule has 34 heavy (non-hydrogen) atoms. The number of hydrogen-bond acceptors (Lipinski definition) is 7. The molecule has 0 radical (unpaired) electrons. The Balaban J connectivity index is 1.46. The van der Waals surface area contributed by atoms with Gasteiger partial charge >= 0.3 is 5.97 Å². The van der Waals surface area contributed by atoms with Crippen LogP contribution < -0.4 is 24.4 Å². The predicted molar refractivity (Wildman–Crippen MR) is 126 cm³/mol. The maximum absolute atomic E-state index is 12.9. The van der Waals surface area contributed by atoms with Crippen molar-refractivity contribution in [1.29, 1.82) is 0 Å². The molecule has 0 spiro atoms. The second-order valence-electron chi connectivity index (χ2n) is 7.10. The number of anilines is 2. The van der Waals surface area contributed by atoms with Crippen molar-refractivity contribution in [3.63, 3.8) is 0 Å². The van der Waals surface area contributed by atoms with Crippen LogP contribution in [0, 0.1) is 0 Å². The summed E-state index contributed by atoms with van der Waals surface area (Å²) in [5.74, 6) is -0.300. The average Bonchev–Trinajstić information content (AvgIpc) is 3.07. The molecule has 0 bridgehead atoms. The van der Waals surface area contributed by atoms with E-state index in [0.29, 0.717) is 34.2 Å². The molecule has 4 rings (SSSR count). The van der Waals surface area contributed by atoms with Crippen molar-refractivity contribution in [2.45, 2.75) is 0 Å². The van der Waals surface area contributed by atoms with Crippen molar-refractivity contribution in [2.24, 2.45) is 0 Å². The topological polar surface area (TPSA) is 94.2 Å². The van der Waals surface area contributed by atoms with E-state index >= 15 is 0 Å². The molecule has 172 valence electrons. The molecular weight excluding hydrogens is 460 g/mol. The standard InChI is InChI=1S/C25H19ClN2O6/c1-32-18-12-10-17(11-13-18)28-23(29)21(26)22(24(28)30)27-16-8-6-15(7-9-16)25(31)34-20-5-3-4-19(14-20)33-2/h3-14,27H,1-2H3. The first-order valence-electron chi connectivity index (χ1n) is 10.1. The van der Waals surface area contributed by atoms with Crippen LogP contribution in [0.3, 0.4) is 0 Å². The lowest BCUT2D eigenvalue weighted by Crippen LogP contribution is -2.32. The first-order valence-corrected chi connectivity index (χ1v) is 10.4. The number of halogens is 1. The Hall–Kier alpha value is -4.30. The van der Waals surface area contributed by atoms with Crippen LogP contribution in [-0.4, -0.2) is 32.0 Å². The number of nitrogens with one attached hydrogen (secondary N) is 1. The fourth-order valence-corrected chi connectivity index (χ4v) is 3.45. The number of ether oxygens (including phenoxy) is 3. The lowest BCUT2D eigenvalue weighted by atomic mass is 10.2. The van der Waals surface area contributed by atoms with Crippen LogP contribution in [0.15, 0.2) is 83.5 Å². The second-order valence-corrected chi connectivity index (χ2v) is 7.48. The van der Waals surface area contributed by atoms with Crippen molar-refractivity contribution in [3.05, 3.63) is 89.1 Å². The van der Waals surface area contributed by atoms with E-state index in [2.05, 4.69) is 5.32 Å². The highest BCUT2D eigenvalue weighted by Gasteiger charge is 2.39. The van der Waals surface area contributed by atoms with Crippen LogP contribution in [0.5, 0.6) is 17.2 Å². The van der Waals surface area contributed by atoms with Crippen LogP contribution in [-0.2, 0) is 9.59 Å². The van der Waals surface area contributed by atoms with Crippen LogP contribution in [0.2, 0.25) is 0 Å². The van der Waals surface area contributed by atoms with E-state index in [1.54, 1.807) is 60.7 Å². The maximum atomic E-state index is 12.9. The highest BCUT2D eigenvalue weighted by molar-refractivity contribution is 6.53. The minimum absolute atomic E-state index is 0.0609. The van der Waals surface area contributed by atoms with Gasteiger partial charge in [0, 0.05) is 11.8 Å². The van der Waals surface area contributed by atoms with Gasteiger partial charge in [-0.2, -0.15) is 0 Å². The van der Waals surface area contributed by atoms with Gasteiger partial charge in [0.2, 0.25) is 0 Å². The Bertz CT molecular complexity index is 1290. The largest absolute Gasteiger partial charge is 0.497 e. The Labute approximate surface area is 200 Å². The van der Waals surface area contributed by atoms with E-state index in [1.165, 1.54) is 26.4 Å². The molecule has 9 heteroatoms. The third-order valence-corrected chi connectivity index (χ3v) is 5.35. The van der Waals surface area contributed by atoms with E-state index in [0.717, 1.165) is 4.90 Å². The highest BCUT2D eigenvalue weighted by Crippen LogP contribution is 2.31. The predicted octanol–water partition coefficient (Wildman–Crippen LogP) is 4.36. The average molecular weight is 479 g/mol. The molecule has 8 nitrogen and oxygen atoms in total. The Kier molecular flexibility index (Phi) is 6.51. The molecule has 3 aromatic rings. The molecule has 0 aromatic heterocycles. The van der Waals surface area contributed by atoms with E-state index in [1.807, 2.05) is 0 Å². The zero-order valence-electron chi connectivity index (χ0n) is 18.2. The first kappa shape index (κ1) is 22.9.